The minimum Gasteiger partial charge on any atom is -0.504 e. The number of phenols is 2. The van der Waals surface area contributed by atoms with Crippen LogP contribution in [-0.2, 0) is 11.8 Å². The molecule has 1 heterocycles. The maximum absolute atomic E-state index is 11.8. The fraction of sp³-hybridized carbons (Fsp3) is 0.727. The number of benzene rings is 1. The van der Waals surface area contributed by atoms with Crippen LogP contribution in [0.25, 0.3) is 0 Å². The number of aliphatic hydroxyl groups excluding tert-OH is 1. The first-order chi connectivity index (χ1) is 12.8. The molecule has 1 aliphatic heterocycles. The van der Waals surface area contributed by atoms with Gasteiger partial charge in [-0.15, -0.1) is 0 Å². The molecule has 5 heteroatoms. The highest BCUT2D eigenvalue weighted by Gasteiger charge is 2.61. The molecule has 0 unspecified atom stereocenters. The largest absolute Gasteiger partial charge is 0.504 e. The van der Waals surface area contributed by atoms with Crippen LogP contribution in [0.2, 0.25) is 0 Å². The molecule has 4 rings (SSSR count). The van der Waals surface area contributed by atoms with Crippen molar-refractivity contribution in [1.82, 2.24) is 4.90 Å². The molecule has 0 radical (unpaired) electrons. The summed E-state index contributed by atoms with van der Waals surface area (Å²) in [5.74, 6) is 0.455. The van der Waals surface area contributed by atoms with Crippen LogP contribution in [-0.4, -0.2) is 56.2 Å². The van der Waals surface area contributed by atoms with E-state index in [4.69, 9.17) is 0 Å². The van der Waals surface area contributed by atoms with E-state index in [9.17, 15) is 20.4 Å². The third kappa shape index (κ3) is 2.78. The van der Waals surface area contributed by atoms with E-state index in [-0.39, 0.29) is 17.5 Å². The predicted molar refractivity (Wildman–Crippen MR) is 104 cm³/mol. The van der Waals surface area contributed by atoms with Crippen LogP contribution in [0, 0.1) is 5.92 Å². The van der Waals surface area contributed by atoms with Crippen molar-refractivity contribution in [2.75, 3.05) is 13.1 Å². The lowest BCUT2D eigenvalue weighted by atomic mass is 9.53. The number of piperidine rings is 1. The summed E-state index contributed by atoms with van der Waals surface area (Å²) in [6, 6.07) is 3.39. The summed E-state index contributed by atoms with van der Waals surface area (Å²) in [6.45, 7) is 5.68. The smallest absolute Gasteiger partial charge is 0.161 e. The molecule has 0 spiro atoms. The summed E-state index contributed by atoms with van der Waals surface area (Å²) < 4.78 is 0. The lowest BCUT2D eigenvalue weighted by molar-refractivity contribution is -0.150. The number of likely N-dealkylation sites (tertiary alicyclic amines) is 1. The van der Waals surface area contributed by atoms with Gasteiger partial charge in [0.1, 0.15) is 0 Å². The number of fused-ring (bicyclic) bond motifs is 4. The van der Waals surface area contributed by atoms with Gasteiger partial charge < -0.3 is 20.4 Å². The molecule has 5 nitrogen and oxygen atoms in total. The van der Waals surface area contributed by atoms with Gasteiger partial charge in [-0.05, 0) is 69.5 Å². The van der Waals surface area contributed by atoms with Crippen molar-refractivity contribution in [1.29, 1.82) is 0 Å². The lowest BCUT2D eigenvalue weighted by Gasteiger charge is -2.61. The Kier molecular flexibility index (Phi) is 4.68. The maximum Gasteiger partial charge on any atom is 0.161 e. The SMILES string of the molecule is CC[C@H](O)C[C@]12CCN(CC3CCC3)[C@H](Cc3ccc(O)c(O)c31)[C@@]2(C)O. The molecule has 27 heavy (non-hydrogen) atoms. The second kappa shape index (κ2) is 6.64. The number of nitrogens with zero attached hydrogens (tertiary/aromatic N) is 1. The van der Waals surface area contributed by atoms with Gasteiger partial charge in [0.15, 0.2) is 11.5 Å². The summed E-state index contributed by atoms with van der Waals surface area (Å²) in [5.41, 5.74) is -0.189. The van der Waals surface area contributed by atoms with Gasteiger partial charge in [0, 0.05) is 23.6 Å². The molecule has 1 saturated carbocycles. The number of aromatic hydroxyl groups is 2. The second-order valence-corrected chi connectivity index (χ2v) is 9.23. The average Bonchev–Trinajstić information content (AvgIpc) is 2.57. The Labute approximate surface area is 161 Å². The highest BCUT2D eigenvalue weighted by Crippen LogP contribution is 2.57. The minimum absolute atomic E-state index is 0.0349. The summed E-state index contributed by atoms with van der Waals surface area (Å²) in [6.07, 6.45) is 5.63. The quantitative estimate of drug-likeness (QED) is 0.595. The van der Waals surface area contributed by atoms with E-state index in [2.05, 4.69) is 4.90 Å². The zero-order valence-electron chi connectivity index (χ0n) is 16.5. The van der Waals surface area contributed by atoms with Crippen LogP contribution in [0.15, 0.2) is 12.1 Å². The molecule has 2 aliphatic carbocycles. The van der Waals surface area contributed by atoms with Crippen LogP contribution < -0.4 is 0 Å². The molecule has 1 aromatic carbocycles. The van der Waals surface area contributed by atoms with Crippen molar-refractivity contribution in [3.63, 3.8) is 0 Å². The highest BCUT2D eigenvalue weighted by atomic mass is 16.3. The van der Waals surface area contributed by atoms with Gasteiger partial charge in [-0.2, -0.15) is 0 Å². The molecular weight excluding hydrogens is 342 g/mol. The van der Waals surface area contributed by atoms with Gasteiger partial charge >= 0.3 is 0 Å². The predicted octanol–water partition coefficient (Wildman–Crippen LogP) is 2.68. The topological polar surface area (TPSA) is 84.2 Å². The van der Waals surface area contributed by atoms with Crippen molar-refractivity contribution in [2.24, 2.45) is 5.92 Å². The van der Waals surface area contributed by atoms with Crippen LogP contribution >= 0.6 is 0 Å². The zero-order chi connectivity index (χ0) is 19.4. The van der Waals surface area contributed by atoms with Crippen molar-refractivity contribution < 1.29 is 20.4 Å². The molecule has 1 aromatic rings. The van der Waals surface area contributed by atoms with E-state index in [1.807, 2.05) is 19.9 Å². The Morgan fingerprint density at radius 3 is 2.63 bits per heavy atom. The standard InChI is InChI=1S/C22H33NO4/c1-3-16(24)12-22-9-10-23(13-14-5-4-6-14)18(21(22,2)27)11-15-7-8-17(25)20(26)19(15)22/h7-8,14,16,18,24-27H,3-6,9-13H2,1-2H3/t16-,18+,21+,22+/m0/s1. The minimum atomic E-state index is -1.08. The van der Waals surface area contributed by atoms with E-state index in [0.717, 1.165) is 24.6 Å². The molecule has 1 saturated heterocycles. The number of hydrogen-bond donors (Lipinski definition) is 4. The van der Waals surface area contributed by atoms with Gasteiger partial charge in [-0.25, -0.2) is 0 Å². The number of hydrogen-bond acceptors (Lipinski definition) is 5. The number of aliphatic hydroxyl groups is 2. The molecule has 2 fully saturated rings. The maximum atomic E-state index is 11.8. The Balaban J connectivity index is 1.80. The molecule has 0 amide bonds. The first kappa shape index (κ1) is 19.0. The summed E-state index contributed by atoms with van der Waals surface area (Å²) in [4.78, 5) is 2.44. The first-order valence-electron chi connectivity index (χ1n) is 10.5. The molecule has 0 aromatic heterocycles. The van der Waals surface area contributed by atoms with Gasteiger partial charge in [0.25, 0.3) is 0 Å². The Morgan fingerprint density at radius 2 is 2.00 bits per heavy atom. The summed E-state index contributed by atoms with van der Waals surface area (Å²) in [5, 5.41) is 43.3. The molecule has 4 atom stereocenters. The normalized spacial score (nSPS) is 34.7. The van der Waals surface area contributed by atoms with Crippen molar-refractivity contribution in [3.8, 4) is 11.5 Å². The van der Waals surface area contributed by atoms with Crippen LogP contribution in [0.4, 0.5) is 0 Å². The van der Waals surface area contributed by atoms with Gasteiger partial charge in [-0.3, -0.25) is 4.90 Å². The number of rotatable bonds is 5. The molecular formula is C22H33NO4. The Bertz CT molecular complexity index is 715. The van der Waals surface area contributed by atoms with Crippen LogP contribution in [0.1, 0.15) is 63.5 Å². The third-order valence-corrected chi connectivity index (χ3v) is 7.79. The first-order valence-corrected chi connectivity index (χ1v) is 10.5. The van der Waals surface area contributed by atoms with Gasteiger partial charge in [0.2, 0.25) is 0 Å². The van der Waals surface area contributed by atoms with Gasteiger partial charge in [-0.1, -0.05) is 19.4 Å². The number of phenolic OH excluding ortho intramolecular Hbond substituents is 2. The molecule has 2 bridgehead atoms. The van der Waals surface area contributed by atoms with E-state index < -0.39 is 17.1 Å². The summed E-state index contributed by atoms with van der Waals surface area (Å²) >= 11 is 0. The lowest BCUT2D eigenvalue weighted by Crippen LogP contribution is -2.71. The van der Waals surface area contributed by atoms with Gasteiger partial charge in [0.05, 0.1) is 11.7 Å². The van der Waals surface area contributed by atoms with Crippen molar-refractivity contribution in [3.05, 3.63) is 23.3 Å². The summed E-state index contributed by atoms with van der Waals surface area (Å²) in [7, 11) is 0. The average molecular weight is 376 g/mol. The molecule has 150 valence electrons. The van der Waals surface area contributed by atoms with E-state index in [0.29, 0.717) is 31.2 Å². The highest BCUT2D eigenvalue weighted by molar-refractivity contribution is 5.57. The second-order valence-electron chi connectivity index (χ2n) is 9.23. The zero-order valence-corrected chi connectivity index (χ0v) is 16.5. The molecule has 3 aliphatic rings. The third-order valence-electron chi connectivity index (χ3n) is 7.79. The fourth-order valence-corrected chi connectivity index (χ4v) is 5.84. The van der Waals surface area contributed by atoms with E-state index in [1.54, 1.807) is 6.07 Å². The Hall–Kier alpha value is -1.30. The van der Waals surface area contributed by atoms with Crippen LogP contribution in [0.5, 0.6) is 11.5 Å². The Morgan fingerprint density at radius 1 is 1.26 bits per heavy atom. The monoisotopic (exact) mass is 375 g/mol. The fourth-order valence-electron chi connectivity index (χ4n) is 5.84. The van der Waals surface area contributed by atoms with Crippen LogP contribution in [0.3, 0.4) is 0 Å². The van der Waals surface area contributed by atoms with Crippen molar-refractivity contribution in [2.45, 2.75) is 82.0 Å². The van der Waals surface area contributed by atoms with E-state index >= 15 is 0 Å². The molecule has 4 N–H and O–H groups in total. The van der Waals surface area contributed by atoms with Crippen molar-refractivity contribution >= 4 is 0 Å². The van der Waals surface area contributed by atoms with E-state index in [1.165, 1.54) is 19.3 Å².